The SMILES string of the molecule is Cc1n[nH]c(C)c1S(=O)(=O)N1CCC[C@H]1C(=O)N1CCC(C)CC1. The van der Waals surface area contributed by atoms with Crippen LogP contribution in [0.5, 0.6) is 0 Å². The molecule has 2 aliphatic rings. The van der Waals surface area contributed by atoms with Crippen molar-refractivity contribution in [2.45, 2.75) is 57.4 Å². The lowest BCUT2D eigenvalue weighted by molar-refractivity contribution is -0.135. The summed E-state index contributed by atoms with van der Waals surface area (Å²) in [7, 11) is -3.71. The van der Waals surface area contributed by atoms with Crippen molar-refractivity contribution in [2.75, 3.05) is 19.6 Å². The van der Waals surface area contributed by atoms with Gasteiger partial charge >= 0.3 is 0 Å². The van der Waals surface area contributed by atoms with Crippen LogP contribution in [-0.4, -0.2) is 59.4 Å². The van der Waals surface area contributed by atoms with Gasteiger partial charge in [0.1, 0.15) is 10.9 Å². The standard InChI is InChI=1S/C16H26N4O3S/c1-11-6-9-19(10-7-11)16(21)14-5-4-8-20(14)24(22,23)15-12(2)17-18-13(15)3/h11,14H,4-10H2,1-3H3,(H,17,18)/t14-/m0/s1. The Bertz CT molecular complexity index is 700. The fourth-order valence-electron chi connectivity index (χ4n) is 3.75. The van der Waals surface area contributed by atoms with E-state index in [0.29, 0.717) is 30.3 Å². The molecule has 8 heteroatoms. The van der Waals surface area contributed by atoms with Gasteiger partial charge in [-0.2, -0.15) is 9.40 Å². The van der Waals surface area contributed by atoms with Crippen LogP contribution in [-0.2, 0) is 14.8 Å². The van der Waals surface area contributed by atoms with E-state index >= 15 is 0 Å². The van der Waals surface area contributed by atoms with E-state index in [0.717, 1.165) is 32.4 Å². The van der Waals surface area contributed by atoms with Crippen molar-refractivity contribution >= 4 is 15.9 Å². The molecule has 1 aromatic heterocycles. The highest BCUT2D eigenvalue weighted by molar-refractivity contribution is 7.89. The topological polar surface area (TPSA) is 86.4 Å². The van der Waals surface area contributed by atoms with Gasteiger partial charge in [0.05, 0.1) is 11.4 Å². The first-order chi connectivity index (χ1) is 11.3. The molecule has 0 aromatic carbocycles. The van der Waals surface area contributed by atoms with Gasteiger partial charge in [-0.3, -0.25) is 9.89 Å². The van der Waals surface area contributed by atoms with Gasteiger partial charge in [-0.25, -0.2) is 8.42 Å². The molecule has 0 saturated carbocycles. The molecule has 1 aromatic rings. The molecule has 3 heterocycles. The Labute approximate surface area is 143 Å². The number of H-pyrrole nitrogens is 1. The third kappa shape index (κ3) is 2.97. The molecule has 3 rings (SSSR count). The summed E-state index contributed by atoms with van der Waals surface area (Å²) in [6, 6.07) is -0.572. The molecule has 1 atom stereocenters. The highest BCUT2D eigenvalue weighted by Crippen LogP contribution is 2.30. The van der Waals surface area contributed by atoms with Crippen molar-refractivity contribution in [3.8, 4) is 0 Å². The molecule has 0 spiro atoms. The van der Waals surface area contributed by atoms with Gasteiger partial charge in [-0.15, -0.1) is 0 Å². The number of sulfonamides is 1. The number of likely N-dealkylation sites (tertiary alicyclic amines) is 1. The van der Waals surface area contributed by atoms with Crippen molar-refractivity contribution in [3.05, 3.63) is 11.4 Å². The molecule has 0 unspecified atom stereocenters. The van der Waals surface area contributed by atoms with Gasteiger partial charge in [-0.1, -0.05) is 6.92 Å². The zero-order chi connectivity index (χ0) is 17.5. The smallest absolute Gasteiger partial charge is 0.247 e. The van der Waals surface area contributed by atoms with Crippen LogP contribution in [0.15, 0.2) is 4.90 Å². The predicted molar refractivity (Wildman–Crippen MR) is 90.0 cm³/mol. The molecule has 1 amide bonds. The third-order valence-corrected chi connectivity index (χ3v) is 7.38. The van der Waals surface area contributed by atoms with Crippen molar-refractivity contribution in [1.82, 2.24) is 19.4 Å². The van der Waals surface area contributed by atoms with E-state index in [2.05, 4.69) is 17.1 Å². The second kappa shape index (κ2) is 6.48. The van der Waals surface area contributed by atoms with Crippen molar-refractivity contribution < 1.29 is 13.2 Å². The summed E-state index contributed by atoms with van der Waals surface area (Å²) < 4.78 is 27.6. The number of piperidine rings is 1. The number of hydrogen-bond acceptors (Lipinski definition) is 4. The second-order valence-electron chi connectivity index (χ2n) is 7.04. The molecule has 0 bridgehead atoms. The minimum Gasteiger partial charge on any atom is -0.341 e. The summed E-state index contributed by atoms with van der Waals surface area (Å²) >= 11 is 0. The first-order valence-corrected chi connectivity index (χ1v) is 10.1. The first kappa shape index (κ1) is 17.4. The molecule has 24 heavy (non-hydrogen) atoms. The van der Waals surface area contributed by atoms with Crippen LogP contribution in [0, 0.1) is 19.8 Å². The molecule has 1 N–H and O–H groups in total. The third-order valence-electron chi connectivity index (χ3n) is 5.21. The lowest BCUT2D eigenvalue weighted by Crippen LogP contribution is -2.49. The Hall–Kier alpha value is -1.41. The van der Waals surface area contributed by atoms with Gasteiger partial charge in [0.25, 0.3) is 0 Å². The number of rotatable bonds is 3. The number of aromatic amines is 1. The quantitative estimate of drug-likeness (QED) is 0.890. The van der Waals surface area contributed by atoms with E-state index in [9.17, 15) is 13.2 Å². The average Bonchev–Trinajstić information content (AvgIpc) is 3.15. The number of aryl methyl sites for hydroxylation is 2. The largest absolute Gasteiger partial charge is 0.341 e. The summed E-state index contributed by atoms with van der Waals surface area (Å²) in [5.41, 5.74) is 0.981. The molecule has 0 radical (unpaired) electrons. The Balaban J connectivity index is 1.84. The van der Waals surface area contributed by atoms with Crippen molar-refractivity contribution in [2.24, 2.45) is 5.92 Å². The fourth-order valence-corrected chi connectivity index (χ4v) is 5.74. The van der Waals surface area contributed by atoms with Crippen molar-refractivity contribution in [3.63, 3.8) is 0 Å². The normalized spacial score (nSPS) is 23.8. The molecular weight excluding hydrogens is 328 g/mol. The monoisotopic (exact) mass is 354 g/mol. The molecule has 134 valence electrons. The molecule has 2 aliphatic heterocycles. The Morgan fingerprint density at radius 1 is 1.17 bits per heavy atom. The Morgan fingerprint density at radius 3 is 2.42 bits per heavy atom. The number of carbonyl (C=O) groups excluding carboxylic acids is 1. The van der Waals surface area contributed by atoms with Crippen LogP contribution in [0.3, 0.4) is 0 Å². The van der Waals surface area contributed by atoms with Gasteiger partial charge in [-0.05, 0) is 45.4 Å². The van der Waals surface area contributed by atoms with Crippen LogP contribution in [0.4, 0.5) is 0 Å². The molecule has 7 nitrogen and oxygen atoms in total. The van der Waals surface area contributed by atoms with Crippen LogP contribution < -0.4 is 0 Å². The van der Waals surface area contributed by atoms with E-state index in [1.54, 1.807) is 13.8 Å². The van der Waals surface area contributed by atoms with Crippen LogP contribution >= 0.6 is 0 Å². The average molecular weight is 354 g/mol. The van der Waals surface area contributed by atoms with Gasteiger partial charge in [0.15, 0.2) is 0 Å². The highest BCUT2D eigenvalue weighted by atomic mass is 32.2. The molecular formula is C16H26N4O3S. The minimum atomic E-state index is -3.71. The Morgan fingerprint density at radius 2 is 1.83 bits per heavy atom. The van der Waals surface area contributed by atoms with E-state index in [1.807, 2.05) is 4.90 Å². The Kier molecular flexibility index (Phi) is 4.70. The molecule has 2 fully saturated rings. The highest BCUT2D eigenvalue weighted by Gasteiger charge is 2.43. The van der Waals surface area contributed by atoms with Gasteiger partial charge < -0.3 is 4.90 Å². The van der Waals surface area contributed by atoms with Crippen LogP contribution in [0.2, 0.25) is 0 Å². The number of amides is 1. The zero-order valence-electron chi connectivity index (χ0n) is 14.6. The molecule has 0 aliphatic carbocycles. The summed E-state index contributed by atoms with van der Waals surface area (Å²) in [5.74, 6) is 0.593. The van der Waals surface area contributed by atoms with Gasteiger partial charge in [0.2, 0.25) is 15.9 Å². The molecule has 2 saturated heterocycles. The number of nitrogens with one attached hydrogen (secondary N) is 1. The summed E-state index contributed by atoms with van der Waals surface area (Å²) in [5, 5.41) is 6.72. The summed E-state index contributed by atoms with van der Waals surface area (Å²) in [6.07, 6.45) is 3.30. The first-order valence-electron chi connectivity index (χ1n) is 8.64. The van der Waals surface area contributed by atoms with E-state index < -0.39 is 16.1 Å². The maximum absolute atomic E-state index is 13.1. The van der Waals surface area contributed by atoms with Crippen LogP contribution in [0.25, 0.3) is 0 Å². The summed E-state index contributed by atoms with van der Waals surface area (Å²) in [6.45, 7) is 7.43. The number of aromatic nitrogens is 2. The van der Waals surface area contributed by atoms with Crippen LogP contribution in [0.1, 0.15) is 44.0 Å². The maximum atomic E-state index is 13.1. The van der Waals surface area contributed by atoms with E-state index in [1.165, 1.54) is 4.31 Å². The van der Waals surface area contributed by atoms with Crippen molar-refractivity contribution in [1.29, 1.82) is 0 Å². The summed E-state index contributed by atoms with van der Waals surface area (Å²) in [4.78, 5) is 15.0. The van der Waals surface area contributed by atoms with E-state index in [4.69, 9.17) is 0 Å². The fraction of sp³-hybridized carbons (Fsp3) is 0.750. The second-order valence-corrected chi connectivity index (χ2v) is 8.87. The zero-order valence-corrected chi connectivity index (χ0v) is 15.4. The number of nitrogens with zero attached hydrogens (tertiary/aromatic N) is 3. The minimum absolute atomic E-state index is 0.0400. The van der Waals surface area contributed by atoms with Gasteiger partial charge in [0, 0.05) is 19.6 Å². The lowest BCUT2D eigenvalue weighted by Gasteiger charge is -2.34. The number of carbonyl (C=O) groups is 1. The number of hydrogen-bond donors (Lipinski definition) is 1. The predicted octanol–water partition coefficient (Wildman–Crippen LogP) is 1.44. The van der Waals surface area contributed by atoms with E-state index in [-0.39, 0.29) is 10.8 Å². The lowest BCUT2D eigenvalue weighted by atomic mass is 9.98. The maximum Gasteiger partial charge on any atom is 0.247 e.